The summed E-state index contributed by atoms with van der Waals surface area (Å²) in [5, 5.41) is 19.2. The van der Waals surface area contributed by atoms with Crippen molar-refractivity contribution >= 4 is 11.7 Å². The van der Waals surface area contributed by atoms with Crippen LogP contribution in [-0.4, -0.2) is 43.4 Å². The van der Waals surface area contributed by atoms with E-state index in [4.69, 9.17) is 15.2 Å². The Hall–Kier alpha value is -2.27. The Kier molecular flexibility index (Phi) is 4.80. The van der Waals surface area contributed by atoms with Crippen LogP contribution in [-0.2, 0) is 4.79 Å². The number of carbonyl (C=O) groups is 1. The molecule has 0 radical (unpaired) electrons. The molecule has 2 aliphatic heterocycles. The van der Waals surface area contributed by atoms with Gasteiger partial charge in [-0.25, -0.2) is 4.79 Å². The highest BCUT2D eigenvalue weighted by Crippen LogP contribution is 2.36. The molecular weight excluding hydrogens is 311 g/mol. The largest absolute Gasteiger partial charge is 0.490 e. The van der Waals surface area contributed by atoms with E-state index in [0.29, 0.717) is 5.41 Å². The summed E-state index contributed by atoms with van der Waals surface area (Å²) in [6.07, 6.45) is -3.79. The molecule has 124 valence electrons. The summed E-state index contributed by atoms with van der Waals surface area (Å²) in [5.41, 5.74) is 2.53. The maximum Gasteiger partial charge on any atom is 0.490 e. The van der Waals surface area contributed by atoms with Crippen molar-refractivity contribution in [2.45, 2.75) is 12.6 Å². The van der Waals surface area contributed by atoms with Gasteiger partial charge in [-0.1, -0.05) is 0 Å². The summed E-state index contributed by atoms with van der Waals surface area (Å²) in [7, 11) is 0. The molecule has 1 aromatic carbocycles. The number of carboxylic acid groups (broad SMARTS) is 1. The molecule has 0 aromatic heterocycles. The number of hydrogen-bond acceptors (Lipinski definition) is 4. The number of alkyl halides is 3. The van der Waals surface area contributed by atoms with E-state index >= 15 is 0 Å². The lowest BCUT2D eigenvalue weighted by Crippen LogP contribution is -2.54. The van der Waals surface area contributed by atoms with Gasteiger partial charge in [0.1, 0.15) is 0 Å². The van der Waals surface area contributed by atoms with Crippen LogP contribution in [0.2, 0.25) is 0 Å². The topological polar surface area (TPSA) is 76.4 Å². The highest BCUT2D eigenvalue weighted by Gasteiger charge is 2.42. The number of benzene rings is 1. The molecule has 2 saturated heterocycles. The van der Waals surface area contributed by atoms with E-state index in [1.807, 2.05) is 12.1 Å². The predicted octanol–water partition coefficient (Wildman–Crippen LogP) is 1.99. The van der Waals surface area contributed by atoms with Gasteiger partial charge < -0.3 is 15.3 Å². The van der Waals surface area contributed by atoms with Crippen LogP contribution in [0.5, 0.6) is 0 Å². The lowest BCUT2D eigenvalue weighted by Gasteiger charge is -2.39. The van der Waals surface area contributed by atoms with Gasteiger partial charge >= 0.3 is 12.1 Å². The fourth-order valence-corrected chi connectivity index (χ4v) is 2.67. The average molecular weight is 327 g/mol. The lowest BCUT2D eigenvalue weighted by molar-refractivity contribution is -0.192. The molecule has 5 nitrogen and oxygen atoms in total. The second-order valence-electron chi connectivity index (χ2n) is 5.74. The first kappa shape index (κ1) is 17.1. The number of nitrogens with one attached hydrogen (secondary N) is 1. The fourth-order valence-electron chi connectivity index (χ4n) is 2.67. The Bertz CT molecular complexity index is 604. The standard InChI is InChI=1S/C13H15N3.C2HF3O2/c14-7-11-1-3-12(4-2-11)16-6-5-13(10-16)8-15-9-13;3-2(4,5)1(6)7/h1-4,15H,5-6,8-10H2;(H,6,7). The number of nitriles is 1. The summed E-state index contributed by atoms with van der Waals surface area (Å²) < 4.78 is 31.7. The minimum atomic E-state index is -5.08. The van der Waals surface area contributed by atoms with Crippen molar-refractivity contribution in [2.24, 2.45) is 5.41 Å². The van der Waals surface area contributed by atoms with Crippen LogP contribution in [0.15, 0.2) is 24.3 Å². The van der Waals surface area contributed by atoms with Crippen molar-refractivity contribution in [3.63, 3.8) is 0 Å². The maximum absolute atomic E-state index is 10.6. The van der Waals surface area contributed by atoms with Gasteiger partial charge in [0, 0.05) is 37.3 Å². The van der Waals surface area contributed by atoms with Gasteiger partial charge in [0.15, 0.2) is 0 Å². The smallest absolute Gasteiger partial charge is 0.475 e. The van der Waals surface area contributed by atoms with Gasteiger partial charge in [-0.15, -0.1) is 0 Å². The summed E-state index contributed by atoms with van der Waals surface area (Å²) in [6.45, 7) is 4.64. The Labute approximate surface area is 131 Å². The molecule has 1 aromatic rings. The highest BCUT2D eigenvalue weighted by atomic mass is 19.4. The predicted molar refractivity (Wildman–Crippen MR) is 77.0 cm³/mol. The molecule has 0 amide bonds. The molecule has 0 saturated carbocycles. The summed E-state index contributed by atoms with van der Waals surface area (Å²) in [5.74, 6) is -2.76. The molecule has 2 N–H and O–H groups in total. The first-order valence-electron chi connectivity index (χ1n) is 7.02. The number of hydrogen-bond donors (Lipinski definition) is 2. The molecule has 0 unspecified atom stereocenters. The molecule has 0 aliphatic carbocycles. The van der Waals surface area contributed by atoms with Crippen LogP contribution < -0.4 is 10.2 Å². The van der Waals surface area contributed by atoms with Crippen molar-refractivity contribution < 1.29 is 23.1 Å². The Balaban J connectivity index is 0.000000236. The maximum atomic E-state index is 10.6. The summed E-state index contributed by atoms with van der Waals surface area (Å²) in [6, 6.07) is 10.1. The van der Waals surface area contributed by atoms with Crippen LogP contribution in [0.25, 0.3) is 0 Å². The van der Waals surface area contributed by atoms with Gasteiger partial charge in [-0.3, -0.25) is 0 Å². The summed E-state index contributed by atoms with van der Waals surface area (Å²) in [4.78, 5) is 11.3. The minimum absolute atomic E-state index is 0.536. The van der Waals surface area contributed by atoms with Crippen LogP contribution in [0, 0.1) is 16.7 Å². The van der Waals surface area contributed by atoms with E-state index in [2.05, 4.69) is 28.4 Å². The zero-order valence-electron chi connectivity index (χ0n) is 12.2. The number of nitrogens with zero attached hydrogens (tertiary/aromatic N) is 2. The average Bonchev–Trinajstić information content (AvgIpc) is 2.93. The Morgan fingerprint density at radius 2 is 1.87 bits per heavy atom. The van der Waals surface area contributed by atoms with Crippen LogP contribution in [0.1, 0.15) is 12.0 Å². The van der Waals surface area contributed by atoms with Crippen molar-refractivity contribution in [3.8, 4) is 6.07 Å². The zero-order chi connectivity index (χ0) is 17.1. The van der Waals surface area contributed by atoms with Crippen molar-refractivity contribution in [1.82, 2.24) is 5.32 Å². The van der Waals surface area contributed by atoms with E-state index in [1.165, 1.54) is 25.2 Å². The van der Waals surface area contributed by atoms with E-state index in [9.17, 15) is 13.2 Å². The quantitative estimate of drug-likeness (QED) is 0.825. The van der Waals surface area contributed by atoms with E-state index in [1.54, 1.807) is 0 Å². The number of carboxylic acids is 1. The Morgan fingerprint density at radius 1 is 1.30 bits per heavy atom. The molecule has 2 fully saturated rings. The minimum Gasteiger partial charge on any atom is -0.475 e. The van der Waals surface area contributed by atoms with Gasteiger partial charge in [0.2, 0.25) is 0 Å². The van der Waals surface area contributed by atoms with Gasteiger partial charge in [-0.2, -0.15) is 18.4 Å². The van der Waals surface area contributed by atoms with Gasteiger partial charge in [0.05, 0.1) is 11.6 Å². The van der Waals surface area contributed by atoms with Crippen molar-refractivity contribution in [1.29, 1.82) is 5.26 Å². The second-order valence-corrected chi connectivity index (χ2v) is 5.74. The highest BCUT2D eigenvalue weighted by molar-refractivity contribution is 5.73. The van der Waals surface area contributed by atoms with Crippen LogP contribution in [0.3, 0.4) is 0 Å². The summed E-state index contributed by atoms with van der Waals surface area (Å²) >= 11 is 0. The number of aliphatic carboxylic acids is 1. The first-order chi connectivity index (χ1) is 10.8. The van der Waals surface area contributed by atoms with Gasteiger partial charge in [-0.05, 0) is 30.7 Å². The monoisotopic (exact) mass is 327 g/mol. The third kappa shape index (κ3) is 4.13. The normalized spacial score (nSPS) is 18.6. The van der Waals surface area contributed by atoms with Crippen molar-refractivity contribution in [2.75, 3.05) is 31.1 Å². The first-order valence-corrected chi connectivity index (χ1v) is 7.02. The molecule has 23 heavy (non-hydrogen) atoms. The molecule has 3 rings (SSSR count). The molecular formula is C15H16F3N3O2. The number of rotatable bonds is 1. The third-order valence-electron chi connectivity index (χ3n) is 4.04. The van der Waals surface area contributed by atoms with E-state index in [0.717, 1.165) is 18.7 Å². The van der Waals surface area contributed by atoms with E-state index < -0.39 is 12.1 Å². The zero-order valence-corrected chi connectivity index (χ0v) is 12.2. The van der Waals surface area contributed by atoms with E-state index in [-0.39, 0.29) is 0 Å². The SMILES string of the molecule is N#Cc1ccc(N2CCC3(CNC3)C2)cc1.O=C(O)C(F)(F)F. The number of anilines is 1. The molecule has 0 atom stereocenters. The van der Waals surface area contributed by atoms with Crippen molar-refractivity contribution in [3.05, 3.63) is 29.8 Å². The molecule has 0 bridgehead atoms. The molecule has 2 heterocycles. The molecule has 8 heteroatoms. The fraction of sp³-hybridized carbons (Fsp3) is 0.467. The molecule has 2 aliphatic rings. The Morgan fingerprint density at radius 3 is 2.22 bits per heavy atom. The van der Waals surface area contributed by atoms with Crippen LogP contribution >= 0.6 is 0 Å². The third-order valence-corrected chi connectivity index (χ3v) is 4.04. The lowest BCUT2D eigenvalue weighted by atomic mass is 9.81. The van der Waals surface area contributed by atoms with Gasteiger partial charge in [0.25, 0.3) is 0 Å². The second kappa shape index (κ2) is 6.46. The van der Waals surface area contributed by atoms with Crippen LogP contribution in [0.4, 0.5) is 18.9 Å². The number of halogens is 3. The molecule has 1 spiro atoms.